The van der Waals surface area contributed by atoms with Crippen molar-refractivity contribution in [3.8, 4) is 11.5 Å². The molecule has 0 aromatic heterocycles. The van der Waals surface area contributed by atoms with Crippen LogP contribution >= 0.6 is 11.6 Å². The summed E-state index contributed by atoms with van der Waals surface area (Å²) >= 11 is 6.14. The number of hydrogen-bond donors (Lipinski definition) is 3. The van der Waals surface area contributed by atoms with Crippen molar-refractivity contribution in [3.63, 3.8) is 0 Å². The first-order valence-electron chi connectivity index (χ1n) is 8.34. The van der Waals surface area contributed by atoms with Crippen molar-refractivity contribution in [2.24, 2.45) is 0 Å². The Morgan fingerprint density at radius 3 is 2.46 bits per heavy atom. The number of ether oxygens (including phenoxy) is 1. The Hall–Kier alpha value is -3.26. The highest BCUT2D eigenvalue weighted by Gasteiger charge is 2.48. The molecule has 146 valence electrons. The van der Waals surface area contributed by atoms with E-state index in [0.717, 1.165) is 5.01 Å². The van der Waals surface area contributed by atoms with Crippen molar-refractivity contribution >= 4 is 35.0 Å². The van der Waals surface area contributed by atoms with Gasteiger partial charge >= 0.3 is 0 Å². The summed E-state index contributed by atoms with van der Waals surface area (Å²) in [6.45, 7) is 1.39. The largest absolute Gasteiger partial charge is 0.504 e. The summed E-state index contributed by atoms with van der Waals surface area (Å²) in [5.74, 6) is -0.967. The van der Waals surface area contributed by atoms with E-state index in [9.17, 15) is 19.5 Å². The van der Waals surface area contributed by atoms with Gasteiger partial charge < -0.3 is 15.2 Å². The van der Waals surface area contributed by atoms with Gasteiger partial charge in [0, 0.05) is 18.2 Å². The van der Waals surface area contributed by atoms with Gasteiger partial charge in [-0.05, 0) is 42.0 Å². The molecule has 0 saturated carbocycles. The SMILES string of the molecule is COc1cc(C2C(Cl)C(=O)N2NC(=O)c2ccc(NC(C)=O)cc2)ccc1O. The lowest BCUT2D eigenvalue weighted by atomic mass is 9.95. The second-order valence-electron chi connectivity index (χ2n) is 6.19. The first-order chi connectivity index (χ1) is 13.3. The molecule has 1 aliphatic heterocycles. The predicted molar refractivity (Wildman–Crippen MR) is 102 cm³/mol. The minimum Gasteiger partial charge on any atom is -0.504 e. The zero-order valence-corrected chi connectivity index (χ0v) is 15.9. The Morgan fingerprint density at radius 1 is 1.18 bits per heavy atom. The Labute approximate surface area is 166 Å². The van der Waals surface area contributed by atoms with Gasteiger partial charge in [-0.3, -0.25) is 19.8 Å². The summed E-state index contributed by atoms with van der Waals surface area (Å²) in [6.07, 6.45) is 0. The van der Waals surface area contributed by atoms with Crippen molar-refractivity contribution in [3.05, 3.63) is 53.6 Å². The fourth-order valence-electron chi connectivity index (χ4n) is 2.86. The molecule has 8 nitrogen and oxygen atoms in total. The van der Waals surface area contributed by atoms with Gasteiger partial charge in [-0.2, -0.15) is 0 Å². The maximum absolute atomic E-state index is 12.5. The molecule has 9 heteroatoms. The molecule has 0 spiro atoms. The molecule has 3 N–H and O–H groups in total. The number of amides is 3. The van der Waals surface area contributed by atoms with Gasteiger partial charge in [0.25, 0.3) is 11.8 Å². The van der Waals surface area contributed by atoms with Gasteiger partial charge in [-0.15, -0.1) is 11.6 Å². The number of β-lactam (4-membered cyclic amide) rings is 1. The zero-order valence-electron chi connectivity index (χ0n) is 15.1. The second-order valence-corrected chi connectivity index (χ2v) is 6.66. The number of carbonyl (C=O) groups excluding carboxylic acids is 3. The van der Waals surface area contributed by atoms with Gasteiger partial charge in [-0.25, -0.2) is 5.01 Å². The van der Waals surface area contributed by atoms with Crippen LogP contribution in [0.1, 0.15) is 28.9 Å². The van der Waals surface area contributed by atoms with Gasteiger partial charge in [0.2, 0.25) is 5.91 Å². The van der Waals surface area contributed by atoms with E-state index < -0.39 is 23.2 Å². The molecule has 28 heavy (non-hydrogen) atoms. The lowest BCUT2D eigenvalue weighted by Crippen LogP contribution is -2.63. The zero-order chi connectivity index (χ0) is 20.4. The molecule has 2 aromatic carbocycles. The third kappa shape index (κ3) is 3.72. The van der Waals surface area contributed by atoms with E-state index in [0.29, 0.717) is 16.8 Å². The summed E-state index contributed by atoms with van der Waals surface area (Å²) in [6, 6.07) is 10.2. The number of alkyl halides is 1. The summed E-state index contributed by atoms with van der Waals surface area (Å²) in [5.41, 5.74) is 4.01. The van der Waals surface area contributed by atoms with Crippen molar-refractivity contribution in [2.75, 3.05) is 12.4 Å². The Bertz CT molecular complexity index is 932. The Kier molecular flexibility index (Phi) is 5.41. The van der Waals surface area contributed by atoms with E-state index in [1.165, 1.54) is 32.2 Å². The lowest BCUT2D eigenvalue weighted by molar-refractivity contribution is -0.149. The highest BCUT2D eigenvalue weighted by molar-refractivity contribution is 6.33. The molecule has 1 saturated heterocycles. The molecule has 1 heterocycles. The van der Waals surface area contributed by atoms with Crippen LogP contribution in [0.4, 0.5) is 5.69 Å². The van der Waals surface area contributed by atoms with Crippen molar-refractivity contribution in [1.82, 2.24) is 10.4 Å². The molecule has 3 rings (SSSR count). The van der Waals surface area contributed by atoms with Gasteiger partial charge in [0.05, 0.1) is 7.11 Å². The molecular weight excluding hydrogens is 386 g/mol. The molecular formula is C19H18ClN3O5. The third-order valence-electron chi connectivity index (χ3n) is 4.26. The maximum Gasteiger partial charge on any atom is 0.269 e. The number of aromatic hydroxyl groups is 1. The minimum atomic E-state index is -0.850. The number of halogens is 1. The van der Waals surface area contributed by atoms with Crippen molar-refractivity contribution in [1.29, 1.82) is 0 Å². The van der Waals surface area contributed by atoms with Gasteiger partial charge in [0.1, 0.15) is 11.4 Å². The lowest BCUT2D eigenvalue weighted by Gasteiger charge is -2.44. The average Bonchev–Trinajstić information content (AvgIpc) is 2.68. The predicted octanol–water partition coefficient (Wildman–Crippen LogP) is 2.19. The van der Waals surface area contributed by atoms with Crippen LogP contribution in [0, 0.1) is 0 Å². The first kappa shape index (κ1) is 19.5. The normalized spacial score (nSPS) is 18.2. The Morgan fingerprint density at radius 2 is 1.86 bits per heavy atom. The number of rotatable bonds is 5. The first-order valence-corrected chi connectivity index (χ1v) is 8.78. The number of carbonyl (C=O) groups is 3. The number of phenolic OH excluding ortho intramolecular Hbond substituents is 1. The van der Waals surface area contributed by atoms with Crippen LogP contribution in [-0.2, 0) is 9.59 Å². The van der Waals surface area contributed by atoms with Crippen LogP contribution in [0.15, 0.2) is 42.5 Å². The van der Waals surface area contributed by atoms with Crippen LogP contribution in [0.25, 0.3) is 0 Å². The molecule has 3 amide bonds. The summed E-state index contributed by atoms with van der Waals surface area (Å²) < 4.78 is 5.08. The highest BCUT2D eigenvalue weighted by atomic mass is 35.5. The number of phenols is 1. The van der Waals surface area contributed by atoms with Crippen molar-refractivity contribution < 1.29 is 24.2 Å². The quantitative estimate of drug-likeness (QED) is 0.524. The molecule has 2 unspecified atom stereocenters. The number of methoxy groups -OCH3 is 1. The van der Waals surface area contributed by atoms with E-state index in [4.69, 9.17) is 16.3 Å². The number of nitrogens with zero attached hydrogens (tertiary/aromatic N) is 1. The van der Waals surface area contributed by atoms with Gasteiger partial charge in [0.15, 0.2) is 11.5 Å². The third-order valence-corrected chi connectivity index (χ3v) is 4.69. The fourth-order valence-corrected chi connectivity index (χ4v) is 3.22. The van der Waals surface area contributed by atoms with Crippen LogP contribution in [0.2, 0.25) is 0 Å². The molecule has 0 bridgehead atoms. The summed E-state index contributed by atoms with van der Waals surface area (Å²) in [5, 5.41) is 12.6. The van der Waals surface area contributed by atoms with Gasteiger partial charge in [-0.1, -0.05) is 6.07 Å². The summed E-state index contributed by atoms with van der Waals surface area (Å²) in [4.78, 5) is 35.7. The van der Waals surface area contributed by atoms with Crippen LogP contribution in [0.3, 0.4) is 0 Å². The molecule has 1 fully saturated rings. The smallest absolute Gasteiger partial charge is 0.269 e. The number of benzene rings is 2. The van der Waals surface area contributed by atoms with Crippen molar-refractivity contribution in [2.45, 2.75) is 18.3 Å². The number of hydrazine groups is 1. The Balaban J connectivity index is 1.76. The molecule has 2 atom stereocenters. The summed E-state index contributed by atoms with van der Waals surface area (Å²) in [7, 11) is 1.41. The molecule has 0 aliphatic carbocycles. The monoisotopic (exact) mass is 403 g/mol. The highest BCUT2D eigenvalue weighted by Crippen LogP contribution is 2.40. The topological polar surface area (TPSA) is 108 Å². The maximum atomic E-state index is 12.5. The second kappa shape index (κ2) is 7.77. The molecule has 1 aliphatic rings. The molecule has 2 aromatic rings. The van der Waals surface area contributed by atoms with E-state index >= 15 is 0 Å². The van der Waals surface area contributed by atoms with Crippen LogP contribution < -0.4 is 15.5 Å². The number of anilines is 1. The molecule has 0 radical (unpaired) electrons. The number of hydrogen-bond acceptors (Lipinski definition) is 5. The van der Waals surface area contributed by atoms with E-state index in [1.54, 1.807) is 24.3 Å². The minimum absolute atomic E-state index is 0.0436. The van der Waals surface area contributed by atoms with E-state index in [1.807, 2.05) is 0 Å². The van der Waals surface area contributed by atoms with Crippen LogP contribution in [-0.4, -0.2) is 40.3 Å². The average molecular weight is 404 g/mol. The number of nitrogens with one attached hydrogen (secondary N) is 2. The van der Waals surface area contributed by atoms with E-state index in [-0.39, 0.29) is 17.4 Å². The van der Waals surface area contributed by atoms with Crippen LogP contribution in [0.5, 0.6) is 11.5 Å². The fraction of sp³-hybridized carbons (Fsp3) is 0.211. The standard InChI is InChI=1S/C19H18ClN3O5/c1-10(24)21-13-6-3-11(4-7-13)18(26)22-23-17(16(20)19(23)27)12-5-8-14(25)15(9-12)28-2/h3-9,16-17,25H,1-2H3,(H,21,24)(H,22,26). The van der Waals surface area contributed by atoms with E-state index in [2.05, 4.69) is 10.7 Å².